The van der Waals surface area contributed by atoms with Crippen LogP contribution in [0.4, 0.5) is 4.79 Å². The van der Waals surface area contributed by atoms with Crippen LogP contribution in [0.3, 0.4) is 0 Å². The quantitative estimate of drug-likeness (QED) is 0.821. The first-order chi connectivity index (χ1) is 10.2. The number of hydrogen-bond donors (Lipinski definition) is 1. The highest BCUT2D eigenvalue weighted by atomic mass is 79.9. The number of ether oxygens (including phenoxy) is 2. The van der Waals surface area contributed by atoms with Gasteiger partial charge in [0, 0.05) is 19.0 Å². The summed E-state index contributed by atoms with van der Waals surface area (Å²) < 4.78 is 12.0. The van der Waals surface area contributed by atoms with Crippen LogP contribution < -0.4 is 10.1 Å². The van der Waals surface area contributed by atoms with Gasteiger partial charge in [0.15, 0.2) is 0 Å². The zero-order valence-electron chi connectivity index (χ0n) is 11.5. The van der Waals surface area contributed by atoms with Crippen molar-refractivity contribution >= 4 is 33.4 Å². The lowest BCUT2D eigenvalue weighted by Gasteiger charge is -2.19. The Morgan fingerprint density at radius 3 is 2.86 bits per heavy atom. The van der Waals surface area contributed by atoms with Crippen LogP contribution in [0.15, 0.2) is 45.6 Å². The molecule has 0 saturated carbocycles. The molecule has 0 bridgehead atoms. The minimum absolute atomic E-state index is 0.153. The van der Waals surface area contributed by atoms with Crippen LogP contribution >= 0.6 is 27.3 Å². The molecular weight excluding hydrogens is 354 g/mol. The van der Waals surface area contributed by atoms with Gasteiger partial charge in [-0.15, -0.1) is 0 Å². The topological polar surface area (TPSA) is 47.6 Å². The second kappa shape index (κ2) is 8.05. The van der Waals surface area contributed by atoms with Gasteiger partial charge < -0.3 is 14.8 Å². The van der Waals surface area contributed by atoms with Crippen LogP contribution in [-0.2, 0) is 4.74 Å². The van der Waals surface area contributed by atoms with Crippen molar-refractivity contribution in [3.63, 3.8) is 0 Å². The lowest BCUT2D eigenvalue weighted by Crippen LogP contribution is -2.21. The molecule has 0 radical (unpaired) electrons. The van der Waals surface area contributed by atoms with Gasteiger partial charge in [0.05, 0.1) is 11.1 Å². The Labute approximate surface area is 136 Å². The molecule has 1 unspecified atom stereocenters. The van der Waals surface area contributed by atoms with Crippen molar-refractivity contribution in [3.05, 3.63) is 51.1 Å². The number of alkyl carbamates (subject to hydrolysis) is 1. The molecule has 0 saturated heterocycles. The normalized spacial score (nSPS) is 11.7. The third kappa shape index (κ3) is 4.75. The fourth-order valence-electron chi connectivity index (χ4n) is 1.78. The molecule has 2 rings (SSSR count). The van der Waals surface area contributed by atoms with E-state index < -0.39 is 6.09 Å². The fourth-order valence-corrected chi connectivity index (χ4v) is 2.86. The molecule has 1 amide bonds. The number of carbonyl (C=O) groups excluding carboxylic acids is 1. The summed E-state index contributed by atoms with van der Waals surface area (Å²) in [5, 5.41) is 6.47. The van der Waals surface area contributed by atoms with E-state index in [-0.39, 0.29) is 6.10 Å². The van der Waals surface area contributed by atoms with Crippen molar-refractivity contribution in [2.24, 2.45) is 0 Å². The Kier molecular flexibility index (Phi) is 6.07. The number of benzene rings is 1. The van der Waals surface area contributed by atoms with Crippen molar-refractivity contribution in [2.45, 2.75) is 12.5 Å². The number of nitrogens with one attached hydrogen (secondary N) is 1. The Hall–Kier alpha value is -1.53. The first-order valence-corrected chi connectivity index (χ1v) is 8.22. The van der Waals surface area contributed by atoms with Crippen LogP contribution in [-0.4, -0.2) is 19.7 Å². The van der Waals surface area contributed by atoms with Crippen LogP contribution in [0.1, 0.15) is 18.1 Å². The van der Waals surface area contributed by atoms with E-state index in [9.17, 15) is 4.79 Å². The van der Waals surface area contributed by atoms with E-state index in [4.69, 9.17) is 9.47 Å². The summed E-state index contributed by atoms with van der Waals surface area (Å²) in [4.78, 5) is 11.1. The third-order valence-corrected chi connectivity index (χ3v) is 4.19. The van der Waals surface area contributed by atoms with Gasteiger partial charge in [0.25, 0.3) is 0 Å². The SMILES string of the molecule is CNC(=O)OCCC(Oc1ccccc1Br)c1ccsc1. The van der Waals surface area contributed by atoms with Gasteiger partial charge >= 0.3 is 6.09 Å². The standard InChI is InChI=1S/C15H16BrNO3S/c1-17-15(18)19-8-6-13(11-7-9-21-10-11)20-14-5-3-2-4-12(14)16/h2-5,7,9-10,13H,6,8H2,1H3,(H,17,18). The van der Waals surface area contributed by atoms with E-state index in [0.29, 0.717) is 13.0 Å². The highest BCUT2D eigenvalue weighted by Crippen LogP contribution is 2.31. The average Bonchev–Trinajstić information content (AvgIpc) is 3.02. The molecule has 6 heteroatoms. The van der Waals surface area contributed by atoms with Gasteiger partial charge in [-0.2, -0.15) is 11.3 Å². The molecule has 1 N–H and O–H groups in total. The second-order valence-corrected chi connectivity index (χ2v) is 5.90. The maximum absolute atomic E-state index is 11.1. The predicted molar refractivity (Wildman–Crippen MR) is 86.9 cm³/mol. The Bertz CT molecular complexity index is 574. The molecule has 21 heavy (non-hydrogen) atoms. The highest BCUT2D eigenvalue weighted by Gasteiger charge is 2.16. The maximum Gasteiger partial charge on any atom is 0.406 e. The van der Waals surface area contributed by atoms with Crippen LogP contribution in [0.2, 0.25) is 0 Å². The van der Waals surface area contributed by atoms with Gasteiger partial charge in [-0.25, -0.2) is 4.79 Å². The van der Waals surface area contributed by atoms with Gasteiger partial charge in [-0.1, -0.05) is 12.1 Å². The average molecular weight is 370 g/mol. The molecule has 112 valence electrons. The Morgan fingerprint density at radius 1 is 1.38 bits per heavy atom. The van der Waals surface area contributed by atoms with E-state index in [1.807, 2.05) is 41.1 Å². The molecule has 1 heterocycles. The smallest absolute Gasteiger partial charge is 0.406 e. The van der Waals surface area contributed by atoms with Crippen LogP contribution in [0.25, 0.3) is 0 Å². The van der Waals surface area contributed by atoms with Crippen molar-refractivity contribution < 1.29 is 14.3 Å². The summed E-state index contributed by atoms with van der Waals surface area (Å²) in [5.74, 6) is 0.772. The fraction of sp³-hybridized carbons (Fsp3) is 0.267. The summed E-state index contributed by atoms with van der Waals surface area (Å²) in [6.07, 6.45) is 0.00504. The van der Waals surface area contributed by atoms with E-state index >= 15 is 0 Å². The number of thiophene rings is 1. The van der Waals surface area contributed by atoms with Gasteiger partial charge in [0.1, 0.15) is 11.9 Å². The lowest BCUT2D eigenvalue weighted by atomic mass is 10.1. The van der Waals surface area contributed by atoms with E-state index in [0.717, 1.165) is 15.8 Å². The number of para-hydroxylation sites is 1. The molecule has 1 aromatic carbocycles. The predicted octanol–water partition coefficient (Wildman–Crippen LogP) is 4.38. The van der Waals surface area contributed by atoms with Crippen molar-refractivity contribution in [1.82, 2.24) is 5.32 Å². The van der Waals surface area contributed by atoms with Crippen LogP contribution in [0.5, 0.6) is 5.75 Å². The summed E-state index contributed by atoms with van der Waals surface area (Å²) in [7, 11) is 1.54. The molecule has 1 aromatic heterocycles. The second-order valence-electron chi connectivity index (χ2n) is 4.27. The van der Waals surface area contributed by atoms with E-state index in [1.54, 1.807) is 11.3 Å². The number of halogens is 1. The molecular formula is C15H16BrNO3S. The summed E-state index contributed by atoms with van der Waals surface area (Å²) in [6.45, 7) is 0.296. The molecule has 0 aliphatic heterocycles. The Balaban J connectivity index is 2.03. The molecule has 0 aliphatic rings. The molecule has 2 aromatic rings. The first-order valence-electron chi connectivity index (χ1n) is 6.48. The molecule has 0 fully saturated rings. The molecule has 0 spiro atoms. The lowest BCUT2D eigenvalue weighted by molar-refractivity contribution is 0.117. The van der Waals surface area contributed by atoms with Gasteiger partial charge in [-0.05, 0) is 44.9 Å². The number of carbonyl (C=O) groups is 1. The van der Waals surface area contributed by atoms with Gasteiger partial charge in [-0.3, -0.25) is 0 Å². The largest absolute Gasteiger partial charge is 0.484 e. The molecule has 1 atom stereocenters. The highest BCUT2D eigenvalue weighted by molar-refractivity contribution is 9.10. The third-order valence-electron chi connectivity index (χ3n) is 2.84. The molecule has 4 nitrogen and oxygen atoms in total. The van der Waals surface area contributed by atoms with Crippen LogP contribution in [0, 0.1) is 0 Å². The zero-order chi connectivity index (χ0) is 15.1. The molecule has 0 aliphatic carbocycles. The zero-order valence-corrected chi connectivity index (χ0v) is 13.9. The first kappa shape index (κ1) is 15.9. The Morgan fingerprint density at radius 2 is 2.19 bits per heavy atom. The summed E-state index contributed by atoms with van der Waals surface area (Å²) in [6, 6.07) is 9.72. The van der Waals surface area contributed by atoms with Gasteiger partial charge in [0.2, 0.25) is 0 Å². The van der Waals surface area contributed by atoms with Crippen molar-refractivity contribution in [2.75, 3.05) is 13.7 Å². The summed E-state index contributed by atoms with van der Waals surface area (Å²) in [5.41, 5.74) is 1.08. The van der Waals surface area contributed by atoms with Crippen molar-refractivity contribution in [1.29, 1.82) is 0 Å². The number of hydrogen-bond acceptors (Lipinski definition) is 4. The van der Waals surface area contributed by atoms with E-state index in [2.05, 4.69) is 21.2 Å². The van der Waals surface area contributed by atoms with E-state index in [1.165, 1.54) is 7.05 Å². The maximum atomic E-state index is 11.1. The minimum atomic E-state index is -0.431. The number of amides is 1. The monoisotopic (exact) mass is 369 g/mol. The van der Waals surface area contributed by atoms with Crippen molar-refractivity contribution in [3.8, 4) is 5.75 Å². The minimum Gasteiger partial charge on any atom is -0.484 e. The number of rotatable bonds is 6. The summed E-state index contributed by atoms with van der Waals surface area (Å²) >= 11 is 5.09.